The molecule has 0 saturated heterocycles. The highest BCUT2D eigenvalue weighted by Gasteiger charge is 2.25. The van der Waals surface area contributed by atoms with Crippen LogP contribution in [0.4, 0.5) is 0 Å². The molecule has 3 nitrogen and oxygen atoms in total. The summed E-state index contributed by atoms with van der Waals surface area (Å²) in [6, 6.07) is 4.24. The van der Waals surface area contributed by atoms with Gasteiger partial charge in [0, 0.05) is 24.0 Å². The third-order valence-corrected chi connectivity index (χ3v) is 3.76. The second kappa shape index (κ2) is 3.42. The lowest BCUT2D eigenvalue weighted by Crippen LogP contribution is -1.98. The SMILES string of the molecule is c1cc(-n2cc3c(n2)CCC3)cc(C2CC2)n1. The summed E-state index contributed by atoms with van der Waals surface area (Å²) in [5, 5.41) is 4.67. The van der Waals surface area contributed by atoms with Gasteiger partial charge in [-0.2, -0.15) is 5.10 Å². The molecule has 4 rings (SSSR count). The average Bonchev–Trinajstić information content (AvgIpc) is 2.98. The van der Waals surface area contributed by atoms with Crippen LogP contribution in [-0.2, 0) is 12.8 Å². The van der Waals surface area contributed by atoms with Crippen molar-refractivity contribution < 1.29 is 0 Å². The monoisotopic (exact) mass is 225 g/mol. The van der Waals surface area contributed by atoms with E-state index in [4.69, 9.17) is 0 Å². The first-order valence-corrected chi connectivity index (χ1v) is 6.44. The molecule has 17 heavy (non-hydrogen) atoms. The zero-order valence-corrected chi connectivity index (χ0v) is 9.76. The number of hydrogen-bond donors (Lipinski definition) is 0. The normalized spacial score (nSPS) is 18.4. The van der Waals surface area contributed by atoms with Crippen LogP contribution in [-0.4, -0.2) is 14.8 Å². The van der Waals surface area contributed by atoms with Gasteiger partial charge in [0.15, 0.2) is 0 Å². The predicted molar refractivity (Wildman–Crippen MR) is 65.4 cm³/mol. The molecule has 0 unspecified atom stereocenters. The molecule has 0 bridgehead atoms. The van der Waals surface area contributed by atoms with E-state index in [2.05, 4.69) is 22.3 Å². The van der Waals surface area contributed by atoms with Crippen molar-refractivity contribution in [2.45, 2.75) is 38.0 Å². The number of hydrogen-bond acceptors (Lipinski definition) is 2. The maximum atomic E-state index is 4.67. The highest BCUT2D eigenvalue weighted by atomic mass is 15.3. The second-order valence-electron chi connectivity index (χ2n) is 5.11. The van der Waals surface area contributed by atoms with Crippen molar-refractivity contribution in [3.63, 3.8) is 0 Å². The lowest BCUT2D eigenvalue weighted by molar-refractivity contribution is 0.797. The Kier molecular flexibility index (Phi) is 1.89. The maximum absolute atomic E-state index is 4.67. The number of fused-ring (bicyclic) bond motifs is 1. The Balaban J connectivity index is 1.74. The van der Waals surface area contributed by atoms with Crippen LogP contribution in [0.15, 0.2) is 24.5 Å². The van der Waals surface area contributed by atoms with E-state index >= 15 is 0 Å². The molecule has 2 aromatic heterocycles. The fraction of sp³-hybridized carbons (Fsp3) is 0.429. The molecule has 1 saturated carbocycles. The van der Waals surface area contributed by atoms with E-state index in [0.29, 0.717) is 5.92 Å². The van der Waals surface area contributed by atoms with Crippen LogP contribution < -0.4 is 0 Å². The van der Waals surface area contributed by atoms with E-state index in [1.54, 1.807) is 0 Å². The van der Waals surface area contributed by atoms with Gasteiger partial charge in [-0.15, -0.1) is 0 Å². The Morgan fingerprint density at radius 2 is 2.18 bits per heavy atom. The Labute approximate surface area is 100 Å². The first-order valence-electron chi connectivity index (χ1n) is 6.44. The molecule has 0 aliphatic heterocycles. The molecule has 2 aromatic rings. The van der Waals surface area contributed by atoms with Crippen LogP contribution in [0, 0.1) is 0 Å². The van der Waals surface area contributed by atoms with Gasteiger partial charge in [-0.25, -0.2) is 4.68 Å². The molecule has 0 aromatic carbocycles. The molecule has 0 spiro atoms. The van der Waals surface area contributed by atoms with Crippen LogP contribution in [0.2, 0.25) is 0 Å². The molecular formula is C14H15N3. The quantitative estimate of drug-likeness (QED) is 0.786. The fourth-order valence-electron chi connectivity index (χ4n) is 2.62. The van der Waals surface area contributed by atoms with Crippen LogP contribution in [0.5, 0.6) is 0 Å². The number of aromatic nitrogens is 3. The van der Waals surface area contributed by atoms with Crippen LogP contribution in [0.1, 0.15) is 42.1 Å². The highest BCUT2D eigenvalue weighted by Crippen LogP contribution is 2.39. The van der Waals surface area contributed by atoms with Crippen LogP contribution >= 0.6 is 0 Å². The molecule has 2 aliphatic carbocycles. The molecule has 0 radical (unpaired) electrons. The van der Waals surface area contributed by atoms with Gasteiger partial charge in [-0.1, -0.05) is 0 Å². The van der Waals surface area contributed by atoms with Crippen molar-refractivity contribution in [3.8, 4) is 5.69 Å². The van der Waals surface area contributed by atoms with Crippen molar-refractivity contribution in [2.75, 3.05) is 0 Å². The smallest absolute Gasteiger partial charge is 0.0679 e. The van der Waals surface area contributed by atoms with Gasteiger partial charge < -0.3 is 0 Å². The average molecular weight is 225 g/mol. The standard InChI is InChI=1S/C14H15N3/c1-2-11-9-17(16-13(11)3-1)12-6-7-15-14(8-12)10-4-5-10/h6-10H,1-5H2. The first-order chi connectivity index (χ1) is 8.40. The second-order valence-corrected chi connectivity index (χ2v) is 5.11. The summed E-state index contributed by atoms with van der Waals surface area (Å²) in [6.45, 7) is 0. The lowest BCUT2D eigenvalue weighted by atomic mass is 10.2. The van der Waals surface area contributed by atoms with Gasteiger partial charge >= 0.3 is 0 Å². The molecule has 3 heteroatoms. The van der Waals surface area contributed by atoms with E-state index in [1.807, 2.05) is 16.9 Å². The Bertz CT molecular complexity index is 545. The summed E-state index contributed by atoms with van der Waals surface area (Å²) >= 11 is 0. The molecule has 1 fully saturated rings. The van der Waals surface area contributed by atoms with Crippen molar-refractivity contribution in [1.29, 1.82) is 0 Å². The Morgan fingerprint density at radius 1 is 1.24 bits per heavy atom. The molecule has 2 aliphatic rings. The third kappa shape index (κ3) is 1.57. The minimum Gasteiger partial charge on any atom is -0.261 e. The summed E-state index contributed by atoms with van der Waals surface area (Å²) in [7, 11) is 0. The largest absolute Gasteiger partial charge is 0.261 e. The number of nitrogens with zero attached hydrogens (tertiary/aromatic N) is 3. The summed E-state index contributed by atoms with van der Waals surface area (Å²) in [4.78, 5) is 4.45. The third-order valence-electron chi connectivity index (χ3n) is 3.76. The Morgan fingerprint density at radius 3 is 3.00 bits per heavy atom. The van der Waals surface area contributed by atoms with Crippen molar-refractivity contribution >= 4 is 0 Å². The minimum absolute atomic E-state index is 0.706. The zero-order chi connectivity index (χ0) is 11.2. The molecule has 0 amide bonds. The fourth-order valence-corrected chi connectivity index (χ4v) is 2.62. The summed E-state index contributed by atoms with van der Waals surface area (Å²) in [5.41, 5.74) is 5.11. The lowest BCUT2D eigenvalue weighted by Gasteiger charge is -2.03. The first kappa shape index (κ1) is 9.40. The van der Waals surface area contributed by atoms with Gasteiger partial charge in [0.05, 0.1) is 11.4 Å². The number of pyridine rings is 1. The van der Waals surface area contributed by atoms with Crippen molar-refractivity contribution in [3.05, 3.63) is 41.5 Å². The van der Waals surface area contributed by atoms with E-state index in [-0.39, 0.29) is 0 Å². The van der Waals surface area contributed by atoms with E-state index in [9.17, 15) is 0 Å². The topological polar surface area (TPSA) is 30.7 Å². The van der Waals surface area contributed by atoms with Gasteiger partial charge in [0.2, 0.25) is 0 Å². The maximum Gasteiger partial charge on any atom is 0.0679 e. The zero-order valence-electron chi connectivity index (χ0n) is 9.76. The molecule has 0 N–H and O–H groups in total. The number of rotatable bonds is 2. The van der Waals surface area contributed by atoms with Crippen molar-refractivity contribution in [1.82, 2.24) is 14.8 Å². The molecule has 2 heterocycles. The van der Waals surface area contributed by atoms with E-state index in [0.717, 1.165) is 12.1 Å². The highest BCUT2D eigenvalue weighted by molar-refractivity contribution is 5.36. The molecule has 86 valence electrons. The number of aryl methyl sites for hydroxylation is 2. The molecular weight excluding hydrogens is 210 g/mol. The summed E-state index contributed by atoms with van der Waals surface area (Å²) in [5.74, 6) is 0.706. The Hall–Kier alpha value is -1.64. The van der Waals surface area contributed by atoms with Crippen LogP contribution in [0.3, 0.4) is 0 Å². The molecule has 0 atom stereocenters. The summed E-state index contributed by atoms with van der Waals surface area (Å²) < 4.78 is 2.03. The summed E-state index contributed by atoms with van der Waals surface area (Å²) in [6.07, 6.45) is 10.3. The van der Waals surface area contributed by atoms with Gasteiger partial charge in [0.1, 0.15) is 0 Å². The van der Waals surface area contributed by atoms with E-state index in [1.165, 1.54) is 42.6 Å². The van der Waals surface area contributed by atoms with Gasteiger partial charge in [0.25, 0.3) is 0 Å². The van der Waals surface area contributed by atoms with E-state index < -0.39 is 0 Å². The van der Waals surface area contributed by atoms with Gasteiger partial charge in [-0.3, -0.25) is 4.98 Å². The van der Waals surface area contributed by atoms with Gasteiger partial charge in [-0.05, 0) is 49.8 Å². The van der Waals surface area contributed by atoms with Crippen molar-refractivity contribution in [2.24, 2.45) is 0 Å². The predicted octanol–water partition coefficient (Wildman–Crippen LogP) is 2.63. The minimum atomic E-state index is 0.706. The van der Waals surface area contributed by atoms with Crippen LogP contribution in [0.25, 0.3) is 5.69 Å².